The summed E-state index contributed by atoms with van der Waals surface area (Å²) in [7, 11) is 0. The lowest BCUT2D eigenvalue weighted by Gasteiger charge is -2.21. The van der Waals surface area contributed by atoms with Gasteiger partial charge < -0.3 is 0 Å². The summed E-state index contributed by atoms with van der Waals surface area (Å²) in [6.45, 7) is 13.4. The second-order valence-corrected chi connectivity index (χ2v) is 7.67. The highest BCUT2D eigenvalue weighted by atomic mass is 127. The summed E-state index contributed by atoms with van der Waals surface area (Å²) < 4.78 is 1.41. The molecule has 0 saturated heterocycles. The Morgan fingerprint density at radius 1 is 1.06 bits per heavy atom. The van der Waals surface area contributed by atoms with Crippen molar-refractivity contribution in [3.05, 3.63) is 20.9 Å². The number of halogens is 1. The maximum atomic E-state index is 4.67. The third-order valence-corrected chi connectivity index (χ3v) is 3.70. The second-order valence-electron chi connectivity index (χ2n) is 6.37. The zero-order chi connectivity index (χ0) is 12.6. The molecular formula is C14H22IN. The van der Waals surface area contributed by atoms with Crippen LogP contribution in [0, 0.1) is 10.8 Å². The van der Waals surface area contributed by atoms with Gasteiger partial charge in [-0.05, 0) is 43.6 Å². The first-order chi connectivity index (χ1) is 7.12. The standard InChI is InChI=1S/C14H22IN/c1-13(2,3)10-9-16-12(14(4,5)6)8-7-11(10)15/h8-9H,7H2,1-6H3. The van der Waals surface area contributed by atoms with Gasteiger partial charge in [-0.15, -0.1) is 0 Å². The van der Waals surface area contributed by atoms with Gasteiger partial charge in [0.1, 0.15) is 0 Å². The second kappa shape index (κ2) is 4.63. The third-order valence-electron chi connectivity index (χ3n) is 2.68. The lowest BCUT2D eigenvalue weighted by atomic mass is 9.86. The Labute approximate surface area is 113 Å². The molecule has 0 unspecified atom stereocenters. The van der Waals surface area contributed by atoms with Gasteiger partial charge in [-0.25, -0.2) is 0 Å². The van der Waals surface area contributed by atoms with Gasteiger partial charge >= 0.3 is 0 Å². The van der Waals surface area contributed by atoms with Crippen LogP contribution in [0.3, 0.4) is 0 Å². The Balaban J connectivity index is 3.07. The summed E-state index contributed by atoms with van der Waals surface area (Å²) in [5.74, 6) is 0. The first-order valence-corrected chi connectivity index (χ1v) is 6.84. The Morgan fingerprint density at radius 3 is 2.06 bits per heavy atom. The minimum absolute atomic E-state index is 0.140. The van der Waals surface area contributed by atoms with Crippen LogP contribution in [0.2, 0.25) is 0 Å². The van der Waals surface area contributed by atoms with Crippen LogP contribution in [0.15, 0.2) is 25.9 Å². The van der Waals surface area contributed by atoms with Gasteiger partial charge in [0.2, 0.25) is 0 Å². The van der Waals surface area contributed by atoms with E-state index in [-0.39, 0.29) is 10.8 Å². The van der Waals surface area contributed by atoms with E-state index in [0.29, 0.717) is 0 Å². The van der Waals surface area contributed by atoms with Crippen molar-refractivity contribution in [2.24, 2.45) is 15.8 Å². The molecule has 0 spiro atoms. The summed E-state index contributed by atoms with van der Waals surface area (Å²) in [6.07, 6.45) is 5.34. The van der Waals surface area contributed by atoms with E-state index in [2.05, 4.69) is 81.4 Å². The minimum atomic E-state index is 0.140. The van der Waals surface area contributed by atoms with Gasteiger partial charge in [0.25, 0.3) is 0 Å². The monoisotopic (exact) mass is 331 g/mol. The highest BCUT2D eigenvalue weighted by molar-refractivity contribution is 14.1. The normalized spacial score (nSPS) is 18.6. The van der Waals surface area contributed by atoms with Crippen LogP contribution >= 0.6 is 22.6 Å². The van der Waals surface area contributed by atoms with Gasteiger partial charge in [-0.3, -0.25) is 4.99 Å². The molecule has 1 nitrogen and oxygen atoms in total. The van der Waals surface area contributed by atoms with Crippen LogP contribution in [0.25, 0.3) is 0 Å². The number of allylic oxidation sites excluding steroid dienone is 4. The number of rotatable bonds is 0. The highest BCUT2D eigenvalue weighted by Gasteiger charge is 2.22. The smallest absolute Gasteiger partial charge is 0.0420 e. The van der Waals surface area contributed by atoms with E-state index in [1.807, 2.05) is 0 Å². The molecule has 0 aromatic rings. The molecule has 0 bridgehead atoms. The topological polar surface area (TPSA) is 12.4 Å². The predicted molar refractivity (Wildman–Crippen MR) is 81.1 cm³/mol. The van der Waals surface area contributed by atoms with Crippen LogP contribution in [-0.2, 0) is 0 Å². The molecule has 1 aliphatic rings. The average Bonchev–Trinajstić information content (AvgIpc) is 2.23. The highest BCUT2D eigenvalue weighted by Crippen LogP contribution is 2.36. The first kappa shape index (κ1) is 13.9. The van der Waals surface area contributed by atoms with Crippen LogP contribution in [-0.4, -0.2) is 6.21 Å². The Hall–Kier alpha value is -0.120. The van der Waals surface area contributed by atoms with Crippen molar-refractivity contribution in [2.45, 2.75) is 48.0 Å². The molecule has 0 N–H and O–H groups in total. The number of aliphatic imine (C=N–C) groups is 1. The fourth-order valence-corrected chi connectivity index (χ4v) is 2.82. The van der Waals surface area contributed by atoms with Crippen LogP contribution in [0.4, 0.5) is 0 Å². The van der Waals surface area contributed by atoms with Gasteiger partial charge in [0.15, 0.2) is 0 Å². The van der Waals surface area contributed by atoms with Crippen molar-refractivity contribution in [3.8, 4) is 0 Å². The molecular weight excluding hydrogens is 309 g/mol. The van der Waals surface area contributed by atoms with Crippen molar-refractivity contribution in [1.29, 1.82) is 0 Å². The quantitative estimate of drug-likeness (QED) is 0.546. The van der Waals surface area contributed by atoms with Crippen LogP contribution in [0.5, 0.6) is 0 Å². The van der Waals surface area contributed by atoms with E-state index in [9.17, 15) is 0 Å². The summed E-state index contributed by atoms with van der Waals surface area (Å²) in [5, 5.41) is 0. The van der Waals surface area contributed by atoms with Crippen LogP contribution < -0.4 is 0 Å². The first-order valence-electron chi connectivity index (χ1n) is 5.76. The van der Waals surface area contributed by atoms with Gasteiger partial charge in [0.05, 0.1) is 0 Å². The molecule has 0 atom stereocenters. The molecule has 0 amide bonds. The van der Waals surface area contributed by atoms with Crippen molar-refractivity contribution in [1.82, 2.24) is 0 Å². The molecule has 0 fully saturated rings. The van der Waals surface area contributed by atoms with E-state index in [4.69, 9.17) is 0 Å². The summed E-state index contributed by atoms with van der Waals surface area (Å²) in [5.41, 5.74) is 2.88. The van der Waals surface area contributed by atoms with Crippen LogP contribution in [0.1, 0.15) is 48.0 Å². The lowest BCUT2D eigenvalue weighted by molar-refractivity contribution is 0.497. The van der Waals surface area contributed by atoms with Crippen molar-refractivity contribution < 1.29 is 0 Å². The average molecular weight is 331 g/mol. The van der Waals surface area contributed by atoms with Gasteiger partial charge in [0, 0.05) is 17.3 Å². The fourth-order valence-electron chi connectivity index (χ4n) is 1.65. The molecule has 0 aliphatic carbocycles. The van der Waals surface area contributed by atoms with E-state index in [1.54, 1.807) is 0 Å². The largest absolute Gasteiger partial charge is 0.261 e. The third kappa shape index (κ3) is 3.44. The zero-order valence-electron chi connectivity index (χ0n) is 11.2. The van der Waals surface area contributed by atoms with Crippen molar-refractivity contribution >= 4 is 28.8 Å². The molecule has 0 saturated carbocycles. The number of nitrogens with zero attached hydrogens (tertiary/aromatic N) is 1. The van der Waals surface area contributed by atoms with Crippen molar-refractivity contribution in [2.75, 3.05) is 0 Å². The maximum Gasteiger partial charge on any atom is 0.0420 e. The minimum Gasteiger partial charge on any atom is -0.261 e. The molecule has 0 aromatic heterocycles. The molecule has 16 heavy (non-hydrogen) atoms. The Bertz CT molecular complexity index is 359. The Kier molecular flexibility index (Phi) is 4.04. The molecule has 1 aliphatic heterocycles. The van der Waals surface area contributed by atoms with E-state index in [1.165, 1.54) is 14.8 Å². The molecule has 1 heterocycles. The summed E-state index contributed by atoms with van der Waals surface area (Å²) in [6, 6.07) is 0. The molecule has 2 heteroatoms. The van der Waals surface area contributed by atoms with Gasteiger partial charge in [-0.2, -0.15) is 0 Å². The van der Waals surface area contributed by atoms with E-state index >= 15 is 0 Å². The number of hydrogen-bond donors (Lipinski definition) is 0. The molecule has 90 valence electrons. The summed E-state index contributed by atoms with van der Waals surface area (Å²) >= 11 is 2.45. The zero-order valence-corrected chi connectivity index (χ0v) is 13.3. The SMILES string of the molecule is CC(C)(C)C1=CCC(I)=C(C(C)(C)C)C=N1. The lowest BCUT2D eigenvalue weighted by Crippen LogP contribution is -2.12. The molecule has 0 radical (unpaired) electrons. The summed E-state index contributed by atoms with van der Waals surface area (Å²) in [4.78, 5) is 4.67. The van der Waals surface area contributed by atoms with E-state index in [0.717, 1.165) is 6.42 Å². The number of hydrogen-bond acceptors (Lipinski definition) is 1. The Morgan fingerprint density at radius 2 is 1.62 bits per heavy atom. The molecule has 0 aromatic carbocycles. The van der Waals surface area contributed by atoms with Gasteiger partial charge in [-0.1, -0.05) is 47.6 Å². The molecule has 1 rings (SSSR count). The van der Waals surface area contributed by atoms with E-state index < -0.39 is 0 Å². The predicted octanol–water partition coefficient (Wildman–Crippen LogP) is 5.13. The van der Waals surface area contributed by atoms with Crippen molar-refractivity contribution in [3.63, 3.8) is 0 Å². The fraction of sp³-hybridized carbons (Fsp3) is 0.643. The maximum absolute atomic E-state index is 4.67.